The monoisotopic (exact) mass is 281 g/mol. The lowest BCUT2D eigenvalue weighted by atomic mass is 10.1. The molecule has 1 atom stereocenters. The molecule has 1 amide bonds. The molecular weight excluding hydrogens is 258 g/mol. The second-order valence-electron chi connectivity index (χ2n) is 5.86. The van der Waals surface area contributed by atoms with E-state index in [1.807, 2.05) is 0 Å². The van der Waals surface area contributed by atoms with Crippen LogP contribution in [-0.2, 0) is 11.2 Å². The zero-order chi connectivity index (χ0) is 15.3. The fraction of sp³-hybridized carbons (Fsp3) is 0.533. The molecule has 20 heavy (non-hydrogen) atoms. The van der Waals surface area contributed by atoms with Crippen LogP contribution in [0.5, 0.6) is 5.75 Å². The first-order valence-corrected chi connectivity index (χ1v) is 6.67. The normalized spacial score (nSPS) is 12.8. The van der Waals surface area contributed by atoms with Crippen LogP contribution in [0.4, 0.5) is 10.5 Å². The maximum Gasteiger partial charge on any atom is 0.412 e. The van der Waals surface area contributed by atoms with Crippen LogP contribution < -0.4 is 5.32 Å². The van der Waals surface area contributed by atoms with Crippen molar-refractivity contribution < 1.29 is 19.7 Å². The summed E-state index contributed by atoms with van der Waals surface area (Å²) in [6, 6.07) is 4.90. The largest absolute Gasteiger partial charge is 0.508 e. The van der Waals surface area contributed by atoms with Crippen LogP contribution in [0.15, 0.2) is 18.2 Å². The summed E-state index contributed by atoms with van der Waals surface area (Å²) >= 11 is 0. The van der Waals surface area contributed by atoms with Gasteiger partial charge in [-0.3, -0.25) is 5.32 Å². The molecule has 0 aliphatic rings. The van der Waals surface area contributed by atoms with Gasteiger partial charge in [0, 0.05) is 11.8 Å². The molecule has 112 valence electrons. The Morgan fingerprint density at radius 1 is 1.40 bits per heavy atom. The van der Waals surface area contributed by atoms with E-state index >= 15 is 0 Å². The molecule has 5 nitrogen and oxygen atoms in total. The van der Waals surface area contributed by atoms with Gasteiger partial charge in [-0.15, -0.1) is 0 Å². The first kappa shape index (κ1) is 16.3. The highest BCUT2D eigenvalue weighted by molar-refractivity contribution is 5.85. The van der Waals surface area contributed by atoms with E-state index in [1.54, 1.807) is 39.8 Å². The average molecular weight is 281 g/mol. The molecule has 0 spiro atoms. The Hall–Kier alpha value is -1.75. The average Bonchev–Trinajstić information content (AvgIpc) is 2.24. The summed E-state index contributed by atoms with van der Waals surface area (Å²) in [5.74, 6) is 0.0965. The van der Waals surface area contributed by atoms with Crippen LogP contribution in [0, 0.1) is 0 Å². The van der Waals surface area contributed by atoms with Crippen LogP contribution in [0.25, 0.3) is 0 Å². The van der Waals surface area contributed by atoms with E-state index in [0.29, 0.717) is 18.5 Å². The zero-order valence-corrected chi connectivity index (χ0v) is 12.4. The third-order valence-electron chi connectivity index (χ3n) is 2.56. The molecule has 1 unspecified atom stereocenters. The summed E-state index contributed by atoms with van der Waals surface area (Å²) in [6.07, 6.45) is 0.186. The molecule has 1 aromatic rings. The number of aromatic hydroxyl groups is 1. The summed E-state index contributed by atoms with van der Waals surface area (Å²) < 4.78 is 5.13. The summed E-state index contributed by atoms with van der Waals surface area (Å²) in [7, 11) is 0. The van der Waals surface area contributed by atoms with Crippen molar-refractivity contribution in [3.8, 4) is 5.75 Å². The van der Waals surface area contributed by atoms with Crippen molar-refractivity contribution in [2.75, 3.05) is 5.32 Å². The highest BCUT2D eigenvalue weighted by Crippen LogP contribution is 2.24. The standard InChI is InChI=1S/C15H23NO4/c1-10(17)5-6-11-7-8-12(9-13(11)18)16-14(19)20-15(2,3)4/h7-10,17-18H,5-6H2,1-4H3,(H,16,19). The van der Waals surface area contributed by atoms with Crippen molar-refractivity contribution in [1.29, 1.82) is 0 Å². The smallest absolute Gasteiger partial charge is 0.412 e. The van der Waals surface area contributed by atoms with E-state index in [4.69, 9.17) is 4.74 Å². The molecule has 0 aliphatic carbocycles. The van der Waals surface area contributed by atoms with Gasteiger partial charge in [0.05, 0.1) is 6.10 Å². The number of aliphatic hydroxyl groups excluding tert-OH is 1. The van der Waals surface area contributed by atoms with E-state index in [1.165, 1.54) is 6.07 Å². The minimum absolute atomic E-state index is 0.0965. The molecule has 1 rings (SSSR count). The molecule has 5 heteroatoms. The van der Waals surface area contributed by atoms with Crippen molar-refractivity contribution in [2.45, 2.75) is 52.2 Å². The van der Waals surface area contributed by atoms with E-state index in [9.17, 15) is 15.0 Å². The lowest BCUT2D eigenvalue weighted by Crippen LogP contribution is -2.27. The quantitative estimate of drug-likeness (QED) is 0.792. The summed E-state index contributed by atoms with van der Waals surface area (Å²) in [5.41, 5.74) is 0.641. The van der Waals surface area contributed by atoms with Gasteiger partial charge in [-0.25, -0.2) is 4.79 Å². The lowest BCUT2D eigenvalue weighted by molar-refractivity contribution is 0.0636. The fourth-order valence-corrected chi connectivity index (χ4v) is 1.64. The fourth-order valence-electron chi connectivity index (χ4n) is 1.64. The van der Waals surface area contributed by atoms with Gasteiger partial charge in [-0.05, 0) is 52.2 Å². The number of ether oxygens (including phenoxy) is 1. The summed E-state index contributed by atoms with van der Waals surface area (Å²) in [4.78, 5) is 11.6. The van der Waals surface area contributed by atoms with Gasteiger partial charge in [-0.1, -0.05) is 6.07 Å². The predicted octanol–water partition coefficient (Wildman–Crippen LogP) is 3.05. The lowest BCUT2D eigenvalue weighted by Gasteiger charge is -2.19. The molecule has 3 N–H and O–H groups in total. The van der Waals surface area contributed by atoms with E-state index < -0.39 is 17.8 Å². The van der Waals surface area contributed by atoms with Gasteiger partial charge in [0.15, 0.2) is 0 Å². The molecule has 1 aromatic carbocycles. The van der Waals surface area contributed by atoms with Gasteiger partial charge < -0.3 is 14.9 Å². The van der Waals surface area contributed by atoms with Gasteiger partial charge in [0.1, 0.15) is 11.4 Å². The minimum Gasteiger partial charge on any atom is -0.508 e. The maximum absolute atomic E-state index is 11.6. The second-order valence-corrected chi connectivity index (χ2v) is 5.86. The second kappa shape index (κ2) is 6.61. The molecule has 0 fully saturated rings. The molecular formula is C15H23NO4. The van der Waals surface area contributed by atoms with Crippen molar-refractivity contribution >= 4 is 11.8 Å². The Labute approximate surface area is 119 Å². The number of benzene rings is 1. The number of carbonyl (C=O) groups is 1. The number of carbonyl (C=O) groups excluding carboxylic acids is 1. The van der Waals surface area contributed by atoms with Crippen molar-refractivity contribution in [3.63, 3.8) is 0 Å². The van der Waals surface area contributed by atoms with Crippen LogP contribution in [0.2, 0.25) is 0 Å². The topological polar surface area (TPSA) is 78.8 Å². The van der Waals surface area contributed by atoms with E-state index in [0.717, 1.165) is 5.56 Å². The Kier molecular flexibility index (Phi) is 5.39. The number of hydrogen-bond donors (Lipinski definition) is 3. The highest BCUT2D eigenvalue weighted by Gasteiger charge is 2.16. The Bertz CT molecular complexity index is 463. The van der Waals surface area contributed by atoms with Crippen molar-refractivity contribution in [3.05, 3.63) is 23.8 Å². The molecule has 0 radical (unpaired) electrons. The predicted molar refractivity (Wildman–Crippen MR) is 78.0 cm³/mol. The number of phenolic OH excluding ortho intramolecular Hbond substituents is 1. The first-order valence-electron chi connectivity index (χ1n) is 6.67. The summed E-state index contributed by atoms with van der Waals surface area (Å²) in [5, 5.41) is 21.7. The number of phenols is 1. The highest BCUT2D eigenvalue weighted by atomic mass is 16.6. The Morgan fingerprint density at radius 3 is 2.55 bits per heavy atom. The van der Waals surface area contributed by atoms with E-state index in [-0.39, 0.29) is 5.75 Å². The van der Waals surface area contributed by atoms with Crippen LogP contribution in [0.1, 0.15) is 39.7 Å². The minimum atomic E-state index is -0.566. The third-order valence-corrected chi connectivity index (χ3v) is 2.56. The Morgan fingerprint density at radius 2 is 2.05 bits per heavy atom. The molecule has 0 saturated carbocycles. The maximum atomic E-state index is 11.6. The molecule has 0 aliphatic heterocycles. The number of rotatable bonds is 4. The number of amides is 1. The van der Waals surface area contributed by atoms with Gasteiger partial charge in [0.25, 0.3) is 0 Å². The van der Waals surface area contributed by atoms with Gasteiger partial charge in [-0.2, -0.15) is 0 Å². The number of hydrogen-bond acceptors (Lipinski definition) is 4. The third kappa shape index (κ3) is 5.93. The van der Waals surface area contributed by atoms with Crippen LogP contribution in [-0.4, -0.2) is 28.0 Å². The SMILES string of the molecule is CC(O)CCc1ccc(NC(=O)OC(C)(C)C)cc1O. The number of nitrogens with one attached hydrogen (secondary N) is 1. The first-order chi connectivity index (χ1) is 9.17. The zero-order valence-electron chi connectivity index (χ0n) is 12.4. The molecule has 0 bridgehead atoms. The van der Waals surface area contributed by atoms with Gasteiger partial charge >= 0.3 is 6.09 Å². The van der Waals surface area contributed by atoms with Gasteiger partial charge in [0.2, 0.25) is 0 Å². The number of aliphatic hydroxyl groups is 1. The van der Waals surface area contributed by atoms with Crippen LogP contribution in [0.3, 0.4) is 0 Å². The molecule has 0 saturated heterocycles. The number of aryl methyl sites for hydroxylation is 1. The molecule has 0 heterocycles. The molecule has 0 aromatic heterocycles. The number of anilines is 1. The van der Waals surface area contributed by atoms with Crippen molar-refractivity contribution in [1.82, 2.24) is 0 Å². The van der Waals surface area contributed by atoms with Crippen LogP contribution >= 0.6 is 0 Å². The van der Waals surface area contributed by atoms with E-state index in [2.05, 4.69) is 5.32 Å². The summed E-state index contributed by atoms with van der Waals surface area (Å²) in [6.45, 7) is 7.05. The Balaban J connectivity index is 2.65. The van der Waals surface area contributed by atoms with Crippen molar-refractivity contribution in [2.24, 2.45) is 0 Å².